The number of aromatic amines is 1. The van der Waals surface area contributed by atoms with E-state index in [4.69, 9.17) is 21.7 Å². The molecule has 0 radical (unpaired) electrons. The fourth-order valence-corrected chi connectivity index (χ4v) is 2.74. The van der Waals surface area contributed by atoms with E-state index in [0.29, 0.717) is 22.1 Å². The Morgan fingerprint density at radius 2 is 1.85 bits per heavy atom. The lowest BCUT2D eigenvalue weighted by molar-refractivity contribution is 0.355. The summed E-state index contributed by atoms with van der Waals surface area (Å²) in [5.74, 6) is 1.84. The second-order valence-corrected chi connectivity index (χ2v) is 6.16. The van der Waals surface area contributed by atoms with Gasteiger partial charge in [-0.05, 0) is 48.5 Å². The topological polar surface area (TPSA) is 64.4 Å². The Kier molecular flexibility index (Phi) is 5.83. The minimum absolute atomic E-state index is 0.406. The van der Waals surface area contributed by atoms with E-state index in [1.54, 1.807) is 25.1 Å². The summed E-state index contributed by atoms with van der Waals surface area (Å²) in [6, 6.07) is 15.6. The number of ether oxygens (including phenoxy) is 2. The Morgan fingerprint density at radius 3 is 2.56 bits per heavy atom. The van der Waals surface area contributed by atoms with Crippen molar-refractivity contribution in [3.8, 4) is 22.9 Å². The number of nitrogens with zero attached hydrogens (tertiary/aromatic N) is 3. The maximum Gasteiger partial charge on any atom is 0.216 e. The normalized spacial score (nSPS) is 11.7. The van der Waals surface area contributed by atoms with Gasteiger partial charge in [-0.3, -0.25) is 0 Å². The van der Waals surface area contributed by atoms with Crippen LogP contribution in [-0.4, -0.2) is 35.3 Å². The average Bonchev–Trinajstić information content (AvgIpc) is 3.07. The van der Waals surface area contributed by atoms with Crippen molar-refractivity contribution in [3.05, 3.63) is 64.4 Å². The summed E-state index contributed by atoms with van der Waals surface area (Å²) in [4.78, 5) is 0. The lowest BCUT2D eigenvalue weighted by Gasteiger charge is -2.09. The van der Waals surface area contributed by atoms with Gasteiger partial charge in [0.1, 0.15) is 0 Å². The van der Waals surface area contributed by atoms with Gasteiger partial charge in [0.2, 0.25) is 4.77 Å². The van der Waals surface area contributed by atoms with Crippen molar-refractivity contribution >= 4 is 24.5 Å². The molecule has 3 aromatic rings. The number of hydrogen-bond acceptors (Lipinski definition) is 5. The van der Waals surface area contributed by atoms with E-state index in [1.807, 2.05) is 61.5 Å². The zero-order valence-corrected chi connectivity index (χ0v) is 16.2. The van der Waals surface area contributed by atoms with Gasteiger partial charge in [-0.15, -0.1) is 0 Å². The van der Waals surface area contributed by atoms with Gasteiger partial charge in [-0.25, -0.2) is 5.10 Å². The van der Waals surface area contributed by atoms with E-state index in [0.717, 1.165) is 16.7 Å². The van der Waals surface area contributed by atoms with Crippen LogP contribution in [0.1, 0.15) is 12.5 Å². The Labute approximate surface area is 162 Å². The molecule has 27 heavy (non-hydrogen) atoms. The molecule has 3 rings (SSSR count). The summed E-state index contributed by atoms with van der Waals surface area (Å²) < 4.78 is 12.6. The molecule has 2 aromatic carbocycles. The van der Waals surface area contributed by atoms with Crippen molar-refractivity contribution in [2.24, 2.45) is 5.10 Å². The van der Waals surface area contributed by atoms with Gasteiger partial charge in [0, 0.05) is 5.56 Å². The molecule has 0 unspecified atom stereocenters. The Morgan fingerprint density at radius 1 is 1.11 bits per heavy atom. The minimum Gasteiger partial charge on any atom is -0.493 e. The van der Waals surface area contributed by atoms with Crippen LogP contribution in [0.2, 0.25) is 0 Å². The fraction of sp³-hybridized carbons (Fsp3) is 0.150. The average molecular weight is 380 g/mol. The van der Waals surface area contributed by atoms with Gasteiger partial charge in [0.25, 0.3) is 0 Å². The van der Waals surface area contributed by atoms with E-state index < -0.39 is 0 Å². The number of allylic oxidation sites excluding steroid dienone is 1. The van der Waals surface area contributed by atoms with E-state index in [9.17, 15) is 0 Å². The number of H-pyrrole nitrogens is 1. The molecule has 1 N–H and O–H groups in total. The van der Waals surface area contributed by atoms with Crippen molar-refractivity contribution < 1.29 is 9.47 Å². The summed E-state index contributed by atoms with van der Waals surface area (Å²) in [5.41, 5.74) is 2.90. The van der Waals surface area contributed by atoms with Crippen LogP contribution in [0.15, 0.2) is 59.2 Å². The molecular formula is C20H20N4O2S. The summed E-state index contributed by atoms with van der Waals surface area (Å²) in [7, 11) is 3.19. The van der Waals surface area contributed by atoms with Gasteiger partial charge in [0.05, 0.1) is 20.4 Å². The maximum atomic E-state index is 5.36. The summed E-state index contributed by atoms with van der Waals surface area (Å²) in [6.07, 6.45) is 3.80. The molecule has 1 aromatic heterocycles. The molecule has 0 amide bonds. The summed E-state index contributed by atoms with van der Waals surface area (Å²) in [5, 5.41) is 11.6. The highest BCUT2D eigenvalue weighted by Gasteiger charge is 2.12. The van der Waals surface area contributed by atoms with Gasteiger partial charge in [-0.1, -0.05) is 36.4 Å². The monoisotopic (exact) mass is 380 g/mol. The highest BCUT2D eigenvalue weighted by Crippen LogP contribution is 2.31. The lowest BCUT2D eigenvalue weighted by Crippen LogP contribution is -1.96. The number of benzene rings is 2. The molecule has 0 aliphatic rings. The van der Waals surface area contributed by atoms with Crippen LogP contribution in [0.5, 0.6) is 11.5 Å². The van der Waals surface area contributed by atoms with Crippen LogP contribution >= 0.6 is 12.2 Å². The highest BCUT2D eigenvalue weighted by molar-refractivity contribution is 7.71. The first-order valence-electron chi connectivity index (χ1n) is 8.30. The quantitative estimate of drug-likeness (QED) is 0.503. The molecule has 0 saturated carbocycles. The predicted molar refractivity (Wildman–Crippen MR) is 110 cm³/mol. The molecule has 6 nitrogen and oxygen atoms in total. The van der Waals surface area contributed by atoms with Gasteiger partial charge in [-0.2, -0.15) is 14.9 Å². The largest absolute Gasteiger partial charge is 0.493 e. The van der Waals surface area contributed by atoms with Crippen LogP contribution in [0, 0.1) is 4.77 Å². The summed E-state index contributed by atoms with van der Waals surface area (Å²) >= 11 is 5.32. The zero-order valence-electron chi connectivity index (χ0n) is 15.3. The first-order chi connectivity index (χ1) is 13.1. The molecule has 0 spiro atoms. The number of aromatic nitrogens is 3. The molecule has 1 heterocycles. The summed E-state index contributed by atoms with van der Waals surface area (Å²) in [6.45, 7) is 1.98. The second kappa shape index (κ2) is 8.46. The number of rotatable bonds is 6. The van der Waals surface area contributed by atoms with Crippen LogP contribution in [0.3, 0.4) is 0 Å². The van der Waals surface area contributed by atoms with Gasteiger partial charge < -0.3 is 9.47 Å². The van der Waals surface area contributed by atoms with E-state index in [1.165, 1.54) is 0 Å². The molecule has 7 heteroatoms. The van der Waals surface area contributed by atoms with Crippen molar-refractivity contribution in [2.75, 3.05) is 14.2 Å². The first-order valence-corrected chi connectivity index (χ1v) is 8.70. The molecule has 0 aliphatic heterocycles. The standard InChI is InChI=1S/C20H20N4O2S/c1-14(11-15-7-5-4-6-8-15)13-21-24-19(22-23-20(24)27)16-9-10-17(25-2)18(12-16)26-3/h4-13H,1-3H3,(H,23,27). The predicted octanol–water partition coefficient (Wildman–Crippen LogP) is 4.56. The maximum absolute atomic E-state index is 5.36. The van der Waals surface area contributed by atoms with Crippen LogP contribution < -0.4 is 9.47 Å². The van der Waals surface area contributed by atoms with Gasteiger partial charge in [0.15, 0.2) is 17.3 Å². The zero-order chi connectivity index (χ0) is 19.2. The molecule has 0 bridgehead atoms. The molecule has 0 atom stereocenters. The first kappa shape index (κ1) is 18.6. The number of nitrogens with one attached hydrogen (secondary N) is 1. The third kappa shape index (κ3) is 4.32. The molecule has 0 aliphatic carbocycles. The third-order valence-electron chi connectivity index (χ3n) is 3.86. The number of hydrogen-bond donors (Lipinski definition) is 1. The van der Waals surface area contributed by atoms with Crippen LogP contribution in [0.25, 0.3) is 17.5 Å². The molecule has 0 fully saturated rings. The number of methoxy groups -OCH3 is 2. The van der Waals surface area contributed by atoms with E-state index in [-0.39, 0.29) is 0 Å². The third-order valence-corrected chi connectivity index (χ3v) is 4.13. The molecule has 138 valence electrons. The van der Waals surface area contributed by atoms with E-state index >= 15 is 0 Å². The minimum atomic E-state index is 0.406. The van der Waals surface area contributed by atoms with Gasteiger partial charge >= 0.3 is 0 Å². The smallest absolute Gasteiger partial charge is 0.216 e. The van der Waals surface area contributed by atoms with Crippen molar-refractivity contribution in [2.45, 2.75) is 6.92 Å². The Hall–Kier alpha value is -3.19. The van der Waals surface area contributed by atoms with E-state index in [2.05, 4.69) is 15.3 Å². The van der Waals surface area contributed by atoms with Crippen LogP contribution in [-0.2, 0) is 0 Å². The lowest BCUT2D eigenvalue weighted by atomic mass is 10.1. The fourth-order valence-electron chi connectivity index (χ4n) is 2.56. The Balaban J connectivity index is 1.94. The van der Waals surface area contributed by atoms with Crippen molar-refractivity contribution in [1.29, 1.82) is 0 Å². The van der Waals surface area contributed by atoms with Crippen molar-refractivity contribution in [1.82, 2.24) is 14.9 Å². The highest BCUT2D eigenvalue weighted by atomic mass is 32.1. The van der Waals surface area contributed by atoms with Crippen LogP contribution in [0.4, 0.5) is 0 Å². The SMILES string of the molecule is COc1ccc(-c2n[nH]c(=S)n2N=CC(C)=Cc2ccccc2)cc1OC. The Bertz CT molecular complexity index is 1040. The molecule has 0 saturated heterocycles. The second-order valence-electron chi connectivity index (χ2n) is 5.78. The van der Waals surface area contributed by atoms with Crippen molar-refractivity contribution in [3.63, 3.8) is 0 Å². The molecular weight excluding hydrogens is 360 g/mol.